The van der Waals surface area contributed by atoms with Crippen LogP contribution in [0.25, 0.3) is 15.9 Å². The van der Waals surface area contributed by atoms with Crippen molar-refractivity contribution in [2.75, 3.05) is 5.32 Å². The lowest BCUT2D eigenvalue weighted by Crippen LogP contribution is -2.26. The van der Waals surface area contributed by atoms with E-state index < -0.39 is 5.25 Å². The average Bonchev–Trinajstić information content (AvgIpc) is 3.20. The fourth-order valence-electron chi connectivity index (χ4n) is 4.52. The van der Waals surface area contributed by atoms with Crippen LogP contribution >= 0.6 is 23.1 Å². The van der Waals surface area contributed by atoms with Crippen molar-refractivity contribution in [3.8, 4) is 5.69 Å². The van der Waals surface area contributed by atoms with Gasteiger partial charge in [-0.05, 0) is 75.3 Å². The lowest BCUT2D eigenvalue weighted by Gasteiger charge is -2.17. The molecule has 0 bridgehead atoms. The lowest BCUT2D eigenvalue weighted by molar-refractivity contribution is -0.115. The number of benzene rings is 2. The zero-order valence-electron chi connectivity index (χ0n) is 19.6. The first kappa shape index (κ1) is 22.9. The van der Waals surface area contributed by atoms with E-state index in [1.165, 1.54) is 22.2 Å². The molecule has 2 aromatic carbocycles. The molecule has 0 aliphatic heterocycles. The average molecular weight is 490 g/mol. The van der Waals surface area contributed by atoms with Crippen LogP contribution in [0, 0.1) is 13.8 Å². The summed E-state index contributed by atoms with van der Waals surface area (Å²) in [5.41, 5.74) is 4.79. The first-order valence-corrected chi connectivity index (χ1v) is 13.3. The normalized spacial score (nSPS) is 14.1. The Morgan fingerprint density at radius 3 is 2.50 bits per heavy atom. The molecule has 2 heterocycles. The minimum Gasteiger partial charge on any atom is -0.325 e. The van der Waals surface area contributed by atoms with Crippen molar-refractivity contribution < 1.29 is 4.79 Å². The Balaban J connectivity index is 1.56. The predicted molar refractivity (Wildman–Crippen MR) is 142 cm³/mol. The Kier molecular flexibility index (Phi) is 6.32. The minimum absolute atomic E-state index is 0.0412. The molecule has 34 heavy (non-hydrogen) atoms. The van der Waals surface area contributed by atoms with Crippen molar-refractivity contribution in [1.82, 2.24) is 9.55 Å². The van der Waals surface area contributed by atoms with Crippen LogP contribution in [0.5, 0.6) is 0 Å². The summed E-state index contributed by atoms with van der Waals surface area (Å²) in [5.74, 6) is -0.109. The van der Waals surface area contributed by atoms with Gasteiger partial charge in [0, 0.05) is 10.6 Å². The highest BCUT2D eigenvalue weighted by Crippen LogP contribution is 2.36. The van der Waals surface area contributed by atoms with Crippen molar-refractivity contribution in [2.45, 2.75) is 56.9 Å². The largest absolute Gasteiger partial charge is 0.325 e. The first-order chi connectivity index (χ1) is 16.4. The fraction of sp³-hybridized carbons (Fsp3) is 0.296. The number of aryl methyl sites for hydroxylation is 4. The molecule has 1 N–H and O–H groups in total. The van der Waals surface area contributed by atoms with Crippen LogP contribution in [0.15, 0.2) is 58.5 Å². The number of para-hydroxylation sites is 2. The summed E-state index contributed by atoms with van der Waals surface area (Å²) in [6.45, 7) is 5.84. The summed E-state index contributed by atoms with van der Waals surface area (Å²) in [6.07, 6.45) is 4.21. The molecule has 0 saturated carbocycles. The van der Waals surface area contributed by atoms with Crippen molar-refractivity contribution in [3.05, 3.63) is 80.5 Å². The molecule has 1 unspecified atom stereocenters. The number of rotatable bonds is 5. The molecule has 4 aromatic rings. The maximum absolute atomic E-state index is 13.8. The summed E-state index contributed by atoms with van der Waals surface area (Å²) in [7, 11) is 0. The van der Waals surface area contributed by atoms with Gasteiger partial charge in [-0.2, -0.15) is 0 Å². The van der Waals surface area contributed by atoms with Gasteiger partial charge in [0.05, 0.1) is 16.3 Å². The molecule has 0 spiro atoms. The van der Waals surface area contributed by atoms with E-state index in [9.17, 15) is 9.59 Å². The second-order valence-electron chi connectivity index (χ2n) is 8.78. The molecule has 0 radical (unpaired) electrons. The third-order valence-electron chi connectivity index (χ3n) is 6.35. The van der Waals surface area contributed by atoms with Crippen LogP contribution in [0.2, 0.25) is 0 Å². The van der Waals surface area contributed by atoms with Crippen molar-refractivity contribution in [2.24, 2.45) is 0 Å². The summed E-state index contributed by atoms with van der Waals surface area (Å²) >= 11 is 2.96. The summed E-state index contributed by atoms with van der Waals surface area (Å²) < 4.78 is 1.68. The van der Waals surface area contributed by atoms with Crippen molar-refractivity contribution >= 4 is 44.9 Å². The zero-order valence-corrected chi connectivity index (χ0v) is 21.2. The Hall–Kier alpha value is -2.90. The topological polar surface area (TPSA) is 64.0 Å². The van der Waals surface area contributed by atoms with Gasteiger partial charge in [-0.15, -0.1) is 11.3 Å². The molecule has 174 valence electrons. The number of carbonyl (C=O) groups is 1. The quantitative estimate of drug-likeness (QED) is 0.273. The highest BCUT2D eigenvalue weighted by atomic mass is 32.2. The van der Waals surface area contributed by atoms with E-state index in [2.05, 4.69) is 5.32 Å². The Morgan fingerprint density at radius 2 is 1.76 bits per heavy atom. The monoisotopic (exact) mass is 489 g/mol. The third kappa shape index (κ3) is 4.18. The number of aromatic nitrogens is 2. The van der Waals surface area contributed by atoms with E-state index in [-0.39, 0.29) is 11.5 Å². The number of nitrogens with one attached hydrogen (secondary N) is 1. The molecule has 5 rings (SSSR count). The molecule has 5 nitrogen and oxygen atoms in total. The van der Waals surface area contributed by atoms with Gasteiger partial charge >= 0.3 is 0 Å². The van der Waals surface area contributed by atoms with E-state index >= 15 is 0 Å². The molecular formula is C27H27N3O2S2. The number of nitrogens with zero attached hydrogens (tertiary/aromatic N) is 2. The van der Waals surface area contributed by atoms with E-state index in [0.29, 0.717) is 5.16 Å². The number of thioether (sulfide) groups is 1. The van der Waals surface area contributed by atoms with E-state index in [0.717, 1.165) is 58.4 Å². The molecule has 0 saturated heterocycles. The number of anilines is 1. The SMILES string of the molecule is Cc1cccc(C)c1NC(=O)C(C)Sc1nc2sc3c(c2c(=O)n1-c1ccccc1)CCCC3. The molecule has 1 aliphatic rings. The van der Waals surface area contributed by atoms with Gasteiger partial charge in [0.25, 0.3) is 5.56 Å². The number of hydrogen-bond donors (Lipinski definition) is 1. The van der Waals surface area contributed by atoms with Crippen LogP contribution in [0.1, 0.15) is 41.3 Å². The van der Waals surface area contributed by atoms with Crippen LogP contribution in [0.3, 0.4) is 0 Å². The highest BCUT2D eigenvalue weighted by Gasteiger charge is 2.25. The van der Waals surface area contributed by atoms with Gasteiger partial charge in [0.1, 0.15) is 4.83 Å². The van der Waals surface area contributed by atoms with E-state index in [4.69, 9.17) is 4.98 Å². The third-order valence-corrected chi connectivity index (χ3v) is 8.59. The van der Waals surface area contributed by atoms with Crippen LogP contribution in [-0.2, 0) is 17.6 Å². The van der Waals surface area contributed by atoms with Gasteiger partial charge in [-0.25, -0.2) is 4.98 Å². The molecule has 1 amide bonds. The minimum atomic E-state index is -0.437. The van der Waals surface area contributed by atoms with E-state index in [1.807, 2.05) is 69.3 Å². The van der Waals surface area contributed by atoms with Crippen LogP contribution in [-0.4, -0.2) is 20.7 Å². The highest BCUT2D eigenvalue weighted by molar-refractivity contribution is 8.00. The second kappa shape index (κ2) is 9.39. The number of amides is 1. The maximum Gasteiger partial charge on any atom is 0.267 e. The standard InChI is InChI=1S/C27H27N3O2S2/c1-16-10-9-11-17(2)23(16)28-24(31)18(3)33-27-29-25-22(20-14-7-8-15-21(20)34-25)26(32)30(27)19-12-5-4-6-13-19/h4-6,9-13,18H,7-8,14-15H2,1-3H3,(H,28,31). The summed E-state index contributed by atoms with van der Waals surface area (Å²) in [6, 6.07) is 15.6. The molecule has 1 atom stereocenters. The summed E-state index contributed by atoms with van der Waals surface area (Å²) in [4.78, 5) is 34.0. The van der Waals surface area contributed by atoms with Crippen molar-refractivity contribution in [1.29, 1.82) is 0 Å². The van der Waals surface area contributed by atoms with Gasteiger partial charge < -0.3 is 5.32 Å². The number of fused-ring (bicyclic) bond motifs is 3. The van der Waals surface area contributed by atoms with Gasteiger partial charge in [0.2, 0.25) is 5.91 Å². The van der Waals surface area contributed by atoms with Crippen LogP contribution in [0.4, 0.5) is 5.69 Å². The number of thiophene rings is 1. The van der Waals surface area contributed by atoms with Gasteiger partial charge in [0.15, 0.2) is 5.16 Å². The zero-order chi connectivity index (χ0) is 23.8. The molecule has 1 aliphatic carbocycles. The Bertz CT molecular complexity index is 1420. The van der Waals surface area contributed by atoms with E-state index in [1.54, 1.807) is 15.9 Å². The first-order valence-electron chi connectivity index (χ1n) is 11.6. The Labute approximate surface area is 207 Å². The van der Waals surface area contributed by atoms with Gasteiger partial charge in [-0.3, -0.25) is 14.2 Å². The molecule has 2 aromatic heterocycles. The molecule has 0 fully saturated rings. The maximum atomic E-state index is 13.8. The Morgan fingerprint density at radius 1 is 1.06 bits per heavy atom. The number of hydrogen-bond acceptors (Lipinski definition) is 5. The smallest absolute Gasteiger partial charge is 0.267 e. The second-order valence-corrected chi connectivity index (χ2v) is 11.2. The molecule has 7 heteroatoms. The van der Waals surface area contributed by atoms with Gasteiger partial charge in [-0.1, -0.05) is 48.2 Å². The number of carbonyl (C=O) groups excluding carboxylic acids is 1. The fourth-order valence-corrected chi connectivity index (χ4v) is 6.75. The van der Waals surface area contributed by atoms with Crippen molar-refractivity contribution in [3.63, 3.8) is 0 Å². The lowest BCUT2D eigenvalue weighted by atomic mass is 9.97. The van der Waals surface area contributed by atoms with Crippen LogP contribution < -0.4 is 10.9 Å². The summed E-state index contributed by atoms with van der Waals surface area (Å²) in [5, 5.41) is 3.94. The predicted octanol–water partition coefficient (Wildman–Crippen LogP) is 6.06. The molecular weight excluding hydrogens is 462 g/mol.